The minimum absolute atomic E-state index is 0.161. The summed E-state index contributed by atoms with van der Waals surface area (Å²) in [5.74, 6) is 0.468. The molecular formula is C24H24N2O4S. The van der Waals surface area contributed by atoms with E-state index in [-0.39, 0.29) is 11.7 Å². The fraction of sp³-hybridized carbons (Fsp3) is 0.208. The molecule has 0 spiro atoms. The summed E-state index contributed by atoms with van der Waals surface area (Å²) in [6.07, 6.45) is 0.615. The lowest BCUT2D eigenvalue weighted by Gasteiger charge is -2.17. The third-order valence-electron chi connectivity index (χ3n) is 5.14. The van der Waals surface area contributed by atoms with E-state index in [9.17, 15) is 13.2 Å². The van der Waals surface area contributed by atoms with Crippen LogP contribution in [-0.4, -0.2) is 26.6 Å². The first-order chi connectivity index (χ1) is 14.9. The van der Waals surface area contributed by atoms with Crippen LogP contribution in [0.5, 0.6) is 5.75 Å². The van der Waals surface area contributed by atoms with Crippen LogP contribution in [0.3, 0.4) is 0 Å². The molecule has 0 atom stereocenters. The molecule has 1 aliphatic heterocycles. The van der Waals surface area contributed by atoms with E-state index in [2.05, 4.69) is 5.32 Å². The molecule has 160 valence electrons. The zero-order valence-electron chi connectivity index (χ0n) is 17.2. The highest BCUT2D eigenvalue weighted by atomic mass is 32.2. The number of sulfonamides is 1. The molecule has 0 aliphatic carbocycles. The molecule has 0 aromatic heterocycles. The number of rotatable bonds is 6. The highest BCUT2D eigenvalue weighted by Crippen LogP contribution is 2.28. The van der Waals surface area contributed by atoms with Crippen LogP contribution in [0.1, 0.15) is 27.9 Å². The molecule has 7 heteroatoms. The minimum Gasteiger partial charge on any atom is -0.487 e. The number of ether oxygens (including phenoxy) is 1. The molecule has 0 unspecified atom stereocenters. The molecule has 1 aliphatic rings. The first-order valence-electron chi connectivity index (χ1n) is 10.1. The van der Waals surface area contributed by atoms with E-state index >= 15 is 0 Å². The Morgan fingerprint density at radius 2 is 1.77 bits per heavy atom. The number of aryl methyl sites for hydroxylation is 1. The van der Waals surface area contributed by atoms with E-state index in [1.165, 1.54) is 4.31 Å². The standard InChI is InChI=1S/C24H24N2O4S/c1-18-8-13-22(23(16-18)30-17-19-6-3-2-4-7-19)25-24(27)20-9-11-21(12-10-20)26-14-5-15-31(26,28)29/h2-4,6-13,16H,5,14-15,17H2,1H3,(H,25,27). The van der Waals surface area contributed by atoms with Gasteiger partial charge in [-0.15, -0.1) is 0 Å². The number of hydrogen-bond donors (Lipinski definition) is 1. The van der Waals surface area contributed by atoms with Crippen molar-refractivity contribution in [2.75, 3.05) is 21.9 Å². The molecule has 1 heterocycles. The maximum Gasteiger partial charge on any atom is 0.255 e. The lowest BCUT2D eigenvalue weighted by atomic mass is 10.1. The van der Waals surface area contributed by atoms with Crippen molar-refractivity contribution >= 4 is 27.3 Å². The zero-order valence-corrected chi connectivity index (χ0v) is 18.1. The summed E-state index contributed by atoms with van der Waals surface area (Å²) in [6.45, 7) is 2.83. The van der Waals surface area contributed by atoms with Crippen LogP contribution in [0.4, 0.5) is 11.4 Å². The Balaban J connectivity index is 1.48. The van der Waals surface area contributed by atoms with Crippen molar-refractivity contribution in [1.29, 1.82) is 0 Å². The minimum atomic E-state index is -3.24. The van der Waals surface area contributed by atoms with Crippen LogP contribution in [0.15, 0.2) is 72.8 Å². The van der Waals surface area contributed by atoms with Gasteiger partial charge in [-0.2, -0.15) is 0 Å². The largest absolute Gasteiger partial charge is 0.487 e. The molecule has 31 heavy (non-hydrogen) atoms. The van der Waals surface area contributed by atoms with E-state index in [1.54, 1.807) is 24.3 Å². The number of anilines is 2. The number of amides is 1. The summed E-state index contributed by atoms with van der Waals surface area (Å²) < 4.78 is 31.5. The Hall–Kier alpha value is -3.32. The Kier molecular flexibility index (Phi) is 5.95. The lowest BCUT2D eigenvalue weighted by molar-refractivity contribution is 0.102. The SMILES string of the molecule is Cc1ccc(NC(=O)c2ccc(N3CCCS3(=O)=O)cc2)c(OCc2ccccc2)c1. The maximum atomic E-state index is 12.8. The summed E-state index contributed by atoms with van der Waals surface area (Å²) in [5.41, 5.74) is 3.66. The van der Waals surface area contributed by atoms with Crippen LogP contribution in [0.2, 0.25) is 0 Å². The van der Waals surface area contributed by atoms with Crippen LogP contribution in [-0.2, 0) is 16.6 Å². The Labute approximate surface area is 182 Å². The van der Waals surface area contributed by atoms with Gasteiger partial charge < -0.3 is 10.1 Å². The molecular weight excluding hydrogens is 412 g/mol. The first-order valence-corrected chi connectivity index (χ1v) is 11.7. The van der Waals surface area contributed by atoms with Gasteiger partial charge in [0, 0.05) is 12.1 Å². The smallest absolute Gasteiger partial charge is 0.255 e. The van der Waals surface area contributed by atoms with Gasteiger partial charge in [0.05, 0.1) is 17.1 Å². The maximum absolute atomic E-state index is 12.8. The summed E-state index contributed by atoms with van der Waals surface area (Å²) in [5, 5.41) is 2.90. The number of carbonyl (C=O) groups is 1. The molecule has 1 amide bonds. The molecule has 1 fully saturated rings. The van der Waals surface area contributed by atoms with E-state index in [0.717, 1.165) is 11.1 Å². The Bertz CT molecular complexity index is 1180. The molecule has 0 bridgehead atoms. The topological polar surface area (TPSA) is 75.7 Å². The van der Waals surface area contributed by atoms with E-state index in [4.69, 9.17) is 4.74 Å². The monoisotopic (exact) mass is 436 g/mol. The third kappa shape index (κ3) is 4.88. The predicted octanol–water partition coefficient (Wildman–Crippen LogP) is 4.37. The number of benzene rings is 3. The van der Waals surface area contributed by atoms with Gasteiger partial charge in [-0.3, -0.25) is 9.10 Å². The molecule has 1 saturated heterocycles. The van der Waals surface area contributed by atoms with Crippen molar-refractivity contribution in [2.45, 2.75) is 20.0 Å². The second-order valence-corrected chi connectivity index (χ2v) is 9.53. The molecule has 4 rings (SSSR count). The van der Waals surface area contributed by atoms with Crippen LogP contribution in [0.25, 0.3) is 0 Å². The highest BCUT2D eigenvalue weighted by molar-refractivity contribution is 7.93. The third-order valence-corrected chi connectivity index (χ3v) is 7.01. The first kappa shape index (κ1) is 20.9. The van der Waals surface area contributed by atoms with Gasteiger partial charge in [-0.25, -0.2) is 8.42 Å². The van der Waals surface area contributed by atoms with Gasteiger partial charge >= 0.3 is 0 Å². The van der Waals surface area contributed by atoms with Gasteiger partial charge in [-0.05, 0) is 60.9 Å². The molecule has 0 saturated carbocycles. The average molecular weight is 437 g/mol. The van der Waals surface area contributed by atoms with Gasteiger partial charge in [0.2, 0.25) is 10.0 Å². The highest BCUT2D eigenvalue weighted by Gasteiger charge is 2.28. The molecule has 3 aromatic rings. The number of nitrogens with one attached hydrogen (secondary N) is 1. The number of carbonyl (C=O) groups excluding carboxylic acids is 1. The van der Waals surface area contributed by atoms with Crippen molar-refractivity contribution in [3.63, 3.8) is 0 Å². The molecule has 0 radical (unpaired) electrons. The molecule has 3 aromatic carbocycles. The summed E-state index contributed by atoms with van der Waals surface area (Å²) in [4.78, 5) is 12.8. The van der Waals surface area contributed by atoms with Crippen LogP contribution < -0.4 is 14.4 Å². The Morgan fingerprint density at radius 3 is 2.45 bits per heavy atom. The fourth-order valence-corrected chi connectivity index (χ4v) is 5.06. The van der Waals surface area contributed by atoms with Crippen molar-refractivity contribution in [3.8, 4) is 5.75 Å². The summed E-state index contributed by atoms with van der Waals surface area (Å²) in [6, 6.07) is 22.0. The number of nitrogens with zero attached hydrogens (tertiary/aromatic N) is 1. The van der Waals surface area contributed by atoms with E-state index < -0.39 is 10.0 Å². The van der Waals surface area contributed by atoms with Crippen LogP contribution in [0, 0.1) is 6.92 Å². The number of hydrogen-bond acceptors (Lipinski definition) is 4. The van der Waals surface area contributed by atoms with Gasteiger partial charge in [-0.1, -0.05) is 36.4 Å². The quantitative estimate of drug-likeness (QED) is 0.623. The van der Waals surface area contributed by atoms with E-state index in [0.29, 0.717) is 42.3 Å². The second kappa shape index (κ2) is 8.81. The van der Waals surface area contributed by atoms with Crippen LogP contribution >= 0.6 is 0 Å². The normalized spacial score (nSPS) is 14.9. The van der Waals surface area contributed by atoms with Gasteiger partial charge in [0.1, 0.15) is 12.4 Å². The predicted molar refractivity (Wildman–Crippen MR) is 122 cm³/mol. The second-order valence-electron chi connectivity index (χ2n) is 7.52. The van der Waals surface area contributed by atoms with Crippen molar-refractivity contribution in [3.05, 3.63) is 89.5 Å². The summed E-state index contributed by atoms with van der Waals surface area (Å²) >= 11 is 0. The van der Waals surface area contributed by atoms with Crippen molar-refractivity contribution < 1.29 is 17.9 Å². The van der Waals surface area contributed by atoms with Gasteiger partial charge in [0.25, 0.3) is 5.91 Å². The Morgan fingerprint density at radius 1 is 1.03 bits per heavy atom. The molecule has 1 N–H and O–H groups in total. The fourth-order valence-electron chi connectivity index (χ4n) is 3.49. The van der Waals surface area contributed by atoms with E-state index in [1.807, 2.05) is 55.5 Å². The molecule has 6 nitrogen and oxygen atoms in total. The van der Waals surface area contributed by atoms with Crippen molar-refractivity contribution in [2.24, 2.45) is 0 Å². The van der Waals surface area contributed by atoms with Crippen molar-refractivity contribution in [1.82, 2.24) is 0 Å². The van der Waals surface area contributed by atoms with Gasteiger partial charge in [0.15, 0.2) is 0 Å². The lowest BCUT2D eigenvalue weighted by Crippen LogP contribution is -2.25. The average Bonchev–Trinajstić information content (AvgIpc) is 3.13. The summed E-state index contributed by atoms with van der Waals surface area (Å²) in [7, 11) is -3.24. The zero-order chi connectivity index (χ0) is 21.8.